The fourth-order valence-corrected chi connectivity index (χ4v) is 2.12. The van der Waals surface area contributed by atoms with Crippen LogP contribution in [0.5, 0.6) is 0 Å². The molecule has 78 valence electrons. The molecule has 0 saturated carbocycles. The maximum Gasteiger partial charge on any atom is 0.109 e. The molecule has 0 bridgehead atoms. The molecule has 0 spiro atoms. The highest BCUT2D eigenvalue weighted by atomic mass is 15.1. The Balaban J connectivity index is 2.04. The number of hydrogen-bond acceptors (Lipinski definition) is 2. The topological polar surface area (TPSA) is 29.9 Å². The second-order valence-corrected chi connectivity index (χ2v) is 4.41. The molecule has 1 aliphatic heterocycles. The lowest BCUT2D eigenvalue weighted by atomic mass is 10.0. The normalized spacial score (nSPS) is 22.1. The summed E-state index contributed by atoms with van der Waals surface area (Å²) in [7, 11) is 0. The molecule has 1 saturated heterocycles. The van der Waals surface area contributed by atoms with Crippen molar-refractivity contribution in [1.29, 1.82) is 0 Å². The highest BCUT2D eigenvalue weighted by molar-refractivity contribution is 4.97. The third-order valence-corrected chi connectivity index (χ3v) is 2.94. The van der Waals surface area contributed by atoms with Crippen LogP contribution in [0.25, 0.3) is 0 Å². The van der Waals surface area contributed by atoms with E-state index in [9.17, 15) is 0 Å². The number of rotatable bonds is 3. The van der Waals surface area contributed by atoms with E-state index in [1.165, 1.54) is 18.8 Å². The van der Waals surface area contributed by atoms with Gasteiger partial charge in [0, 0.05) is 24.9 Å². The summed E-state index contributed by atoms with van der Waals surface area (Å²) in [4.78, 5) is 4.44. The van der Waals surface area contributed by atoms with E-state index < -0.39 is 0 Å². The van der Waals surface area contributed by atoms with Crippen LogP contribution in [0.15, 0.2) is 12.4 Å². The van der Waals surface area contributed by atoms with Crippen LogP contribution < -0.4 is 5.32 Å². The second kappa shape index (κ2) is 4.13. The molecule has 0 aromatic carbocycles. The van der Waals surface area contributed by atoms with Gasteiger partial charge in [0.25, 0.3) is 0 Å². The first kappa shape index (κ1) is 9.71. The summed E-state index contributed by atoms with van der Waals surface area (Å²) >= 11 is 0. The average molecular weight is 193 g/mol. The van der Waals surface area contributed by atoms with Crippen LogP contribution >= 0.6 is 0 Å². The van der Waals surface area contributed by atoms with Crippen molar-refractivity contribution in [3.8, 4) is 0 Å². The van der Waals surface area contributed by atoms with E-state index in [2.05, 4.69) is 34.9 Å². The quantitative estimate of drug-likeness (QED) is 0.790. The van der Waals surface area contributed by atoms with Crippen molar-refractivity contribution in [2.75, 3.05) is 13.1 Å². The number of nitrogens with zero attached hydrogens (tertiary/aromatic N) is 2. The molecule has 1 aromatic heterocycles. The predicted octanol–water partition coefficient (Wildman–Crippen LogP) is 1.62. The van der Waals surface area contributed by atoms with E-state index in [1.807, 2.05) is 6.20 Å². The Labute approximate surface area is 85.5 Å². The van der Waals surface area contributed by atoms with E-state index in [4.69, 9.17) is 0 Å². The first-order chi connectivity index (χ1) is 6.77. The zero-order chi connectivity index (χ0) is 9.97. The predicted molar refractivity (Wildman–Crippen MR) is 57.3 cm³/mol. The minimum atomic E-state index is 0.530. The van der Waals surface area contributed by atoms with Crippen LogP contribution in [0.1, 0.15) is 32.1 Å². The van der Waals surface area contributed by atoms with Crippen LogP contribution in [0.4, 0.5) is 0 Å². The van der Waals surface area contributed by atoms with Crippen LogP contribution in [0.3, 0.4) is 0 Å². The lowest BCUT2D eigenvalue weighted by Gasteiger charge is -2.13. The first-order valence-electron chi connectivity index (χ1n) is 5.50. The molecule has 3 heteroatoms. The standard InChI is InChI=1S/C11H19N3/c1-9(2)14-6-5-13-11(14)7-10-3-4-12-8-10/h5-6,9-10,12H,3-4,7-8H2,1-2H3. The Hall–Kier alpha value is -0.830. The zero-order valence-corrected chi connectivity index (χ0v) is 9.03. The van der Waals surface area contributed by atoms with Gasteiger partial charge in [-0.2, -0.15) is 0 Å². The lowest BCUT2D eigenvalue weighted by molar-refractivity contribution is 0.506. The molecule has 1 N–H and O–H groups in total. The molecule has 1 unspecified atom stereocenters. The molecular weight excluding hydrogens is 174 g/mol. The van der Waals surface area contributed by atoms with Gasteiger partial charge in [0.05, 0.1) is 0 Å². The molecule has 14 heavy (non-hydrogen) atoms. The number of imidazole rings is 1. The third-order valence-electron chi connectivity index (χ3n) is 2.94. The van der Waals surface area contributed by atoms with Crippen molar-refractivity contribution in [3.05, 3.63) is 18.2 Å². The zero-order valence-electron chi connectivity index (χ0n) is 9.03. The molecule has 1 atom stereocenters. The molecule has 1 aromatic rings. The Kier molecular flexibility index (Phi) is 2.87. The Morgan fingerprint density at radius 3 is 3.14 bits per heavy atom. The van der Waals surface area contributed by atoms with E-state index in [-0.39, 0.29) is 0 Å². The van der Waals surface area contributed by atoms with Gasteiger partial charge >= 0.3 is 0 Å². The number of aromatic nitrogens is 2. The molecule has 1 aliphatic rings. The lowest BCUT2D eigenvalue weighted by Crippen LogP contribution is -2.14. The maximum atomic E-state index is 4.44. The van der Waals surface area contributed by atoms with Gasteiger partial charge in [-0.3, -0.25) is 0 Å². The van der Waals surface area contributed by atoms with Crippen LogP contribution in [-0.4, -0.2) is 22.6 Å². The van der Waals surface area contributed by atoms with Gasteiger partial charge in [0.1, 0.15) is 5.82 Å². The summed E-state index contributed by atoms with van der Waals surface area (Å²) in [5, 5.41) is 3.40. The molecule has 1 fully saturated rings. The maximum absolute atomic E-state index is 4.44. The smallest absolute Gasteiger partial charge is 0.109 e. The Bertz CT molecular complexity index is 284. The fraction of sp³-hybridized carbons (Fsp3) is 0.727. The van der Waals surface area contributed by atoms with E-state index >= 15 is 0 Å². The van der Waals surface area contributed by atoms with Gasteiger partial charge in [0.15, 0.2) is 0 Å². The molecule has 2 heterocycles. The SMILES string of the molecule is CC(C)n1ccnc1CC1CCNC1. The van der Waals surface area contributed by atoms with Crippen molar-refractivity contribution in [1.82, 2.24) is 14.9 Å². The van der Waals surface area contributed by atoms with E-state index in [0.717, 1.165) is 18.9 Å². The molecule has 0 aliphatic carbocycles. The summed E-state index contributed by atoms with van der Waals surface area (Å²) in [6, 6.07) is 0.530. The van der Waals surface area contributed by atoms with Gasteiger partial charge < -0.3 is 9.88 Å². The molecular formula is C11H19N3. The van der Waals surface area contributed by atoms with Crippen molar-refractivity contribution in [2.45, 2.75) is 32.7 Å². The highest BCUT2D eigenvalue weighted by Gasteiger charge is 2.17. The van der Waals surface area contributed by atoms with Crippen LogP contribution in [0, 0.1) is 5.92 Å². The van der Waals surface area contributed by atoms with Crippen LogP contribution in [-0.2, 0) is 6.42 Å². The third kappa shape index (κ3) is 1.98. The Morgan fingerprint density at radius 1 is 1.64 bits per heavy atom. The largest absolute Gasteiger partial charge is 0.332 e. The summed E-state index contributed by atoms with van der Waals surface area (Å²) in [6.07, 6.45) is 6.42. The summed E-state index contributed by atoms with van der Waals surface area (Å²) < 4.78 is 2.28. The van der Waals surface area contributed by atoms with E-state index in [1.54, 1.807) is 0 Å². The van der Waals surface area contributed by atoms with Gasteiger partial charge in [-0.15, -0.1) is 0 Å². The van der Waals surface area contributed by atoms with Crippen molar-refractivity contribution >= 4 is 0 Å². The molecule has 2 rings (SSSR count). The van der Waals surface area contributed by atoms with Gasteiger partial charge in [-0.25, -0.2) is 4.98 Å². The number of hydrogen-bond donors (Lipinski definition) is 1. The molecule has 0 radical (unpaired) electrons. The molecule has 3 nitrogen and oxygen atoms in total. The van der Waals surface area contributed by atoms with Gasteiger partial charge in [-0.05, 0) is 39.3 Å². The summed E-state index contributed by atoms with van der Waals surface area (Å²) in [5.74, 6) is 2.03. The first-order valence-corrected chi connectivity index (χ1v) is 5.50. The monoisotopic (exact) mass is 193 g/mol. The fourth-order valence-electron chi connectivity index (χ4n) is 2.12. The van der Waals surface area contributed by atoms with Gasteiger partial charge in [0.2, 0.25) is 0 Å². The minimum Gasteiger partial charge on any atom is -0.332 e. The molecule has 0 amide bonds. The van der Waals surface area contributed by atoms with E-state index in [0.29, 0.717) is 6.04 Å². The van der Waals surface area contributed by atoms with Crippen molar-refractivity contribution < 1.29 is 0 Å². The summed E-state index contributed by atoms with van der Waals surface area (Å²) in [6.45, 7) is 6.74. The highest BCUT2D eigenvalue weighted by Crippen LogP contribution is 2.16. The van der Waals surface area contributed by atoms with Gasteiger partial charge in [-0.1, -0.05) is 0 Å². The van der Waals surface area contributed by atoms with Crippen molar-refractivity contribution in [3.63, 3.8) is 0 Å². The second-order valence-electron chi connectivity index (χ2n) is 4.41. The number of nitrogens with one attached hydrogen (secondary N) is 1. The van der Waals surface area contributed by atoms with Crippen LogP contribution in [0.2, 0.25) is 0 Å². The Morgan fingerprint density at radius 2 is 2.50 bits per heavy atom. The van der Waals surface area contributed by atoms with Crippen molar-refractivity contribution in [2.24, 2.45) is 5.92 Å². The minimum absolute atomic E-state index is 0.530. The summed E-state index contributed by atoms with van der Waals surface area (Å²) in [5.41, 5.74) is 0. The average Bonchev–Trinajstić information content (AvgIpc) is 2.75.